The van der Waals surface area contributed by atoms with Crippen LogP contribution >= 0.6 is 11.6 Å². The number of hydrogen-bond donors (Lipinski definition) is 1. The van der Waals surface area contributed by atoms with Gasteiger partial charge >= 0.3 is 12.1 Å². The zero-order valence-corrected chi connectivity index (χ0v) is 14.5. The molecule has 1 aliphatic rings. The Morgan fingerprint density at radius 1 is 1.19 bits per heavy atom. The number of rotatable bonds is 4. The third kappa shape index (κ3) is 3.95. The Kier molecular flexibility index (Phi) is 4.93. The number of carboxylic acids is 1. The molecule has 1 N–H and O–H groups in total. The topological polar surface area (TPSA) is 65.0 Å². The predicted molar refractivity (Wildman–Crippen MR) is 90.6 cm³/mol. The largest absolute Gasteiger partial charge is 0.497 e. The highest BCUT2D eigenvalue weighted by Crippen LogP contribution is 2.42. The Bertz CT molecular complexity index is 906. The number of alkyl halides is 3. The molecule has 0 amide bonds. The van der Waals surface area contributed by atoms with Crippen molar-refractivity contribution in [3.63, 3.8) is 0 Å². The summed E-state index contributed by atoms with van der Waals surface area (Å²) in [5, 5.41) is 9.13. The Labute approximate surface area is 156 Å². The lowest BCUT2D eigenvalue weighted by Crippen LogP contribution is -2.40. The first-order valence-electron chi connectivity index (χ1n) is 7.52. The number of halogens is 4. The SMILES string of the molecule is COc1ccc(Oc2cc3c(cc2Cl)C=C(C(=O)O)[C@@H](C(F)(F)F)O3)cc1. The van der Waals surface area contributed by atoms with Crippen LogP contribution in [0.2, 0.25) is 5.02 Å². The minimum Gasteiger partial charge on any atom is -0.497 e. The standard InChI is InChI=1S/C18H12ClF3O5/c1-25-10-2-4-11(5-3-10)26-15-8-14-9(7-13(15)19)6-12(17(23)24)16(27-14)18(20,21)22/h2-8,16H,1H3,(H,23,24)/t16-/m0/s1. The molecule has 2 aromatic carbocycles. The first-order valence-corrected chi connectivity index (χ1v) is 7.90. The monoisotopic (exact) mass is 400 g/mol. The fourth-order valence-corrected chi connectivity index (χ4v) is 2.68. The van der Waals surface area contributed by atoms with E-state index in [1.165, 1.54) is 19.2 Å². The lowest BCUT2D eigenvalue weighted by molar-refractivity contribution is -0.187. The third-order valence-electron chi connectivity index (χ3n) is 3.73. The zero-order valence-electron chi connectivity index (χ0n) is 13.7. The van der Waals surface area contributed by atoms with Gasteiger partial charge in [-0.15, -0.1) is 0 Å². The van der Waals surface area contributed by atoms with Crippen molar-refractivity contribution in [1.82, 2.24) is 0 Å². The summed E-state index contributed by atoms with van der Waals surface area (Å²) in [7, 11) is 1.50. The smallest absolute Gasteiger partial charge is 0.430 e. The normalized spacial score (nSPS) is 16.0. The molecule has 3 rings (SSSR count). The van der Waals surface area contributed by atoms with Crippen molar-refractivity contribution in [3.8, 4) is 23.0 Å². The molecular weight excluding hydrogens is 389 g/mol. The Morgan fingerprint density at radius 2 is 1.81 bits per heavy atom. The molecule has 27 heavy (non-hydrogen) atoms. The van der Waals surface area contributed by atoms with Gasteiger partial charge in [-0.05, 0) is 36.4 Å². The summed E-state index contributed by atoms with van der Waals surface area (Å²) in [6, 6.07) is 8.94. The molecule has 0 spiro atoms. The highest BCUT2D eigenvalue weighted by Gasteiger charge is 2.48. The number of aliphatic carboxylic acids is 1. The number of hydrogen-bond acceptors (Lipinski definition) is 4. The van der Waals surface area contributed by atoms with Crippen molar-refractivity contribution in [3.05, 3.63) is 52.6 Å². The van der Waals surface area contributed by atoms with Crippen LogP contribution in [0.3, 0.4) is 0 Å². The molecule has 0 aromatic heterocycles. The third-order valence-corrected chi connectivity index (χ3v) is 4.03. The van der Waals surface area contributed by atoms with Crippen LogP contribution in [0, 0.1) is 0 Å². The molecule has 1 atom stereocenters. The van der Waals surface area contributed by atoms with Crippen LogP contribution in [-0.4, -0.2) is 30.5 Å². The van der Waals surface area contributed by atoms with Gasteiger partial charge in [0.25, 0.3) is 0 Å². The second kappa shape index (κ2) is 7.03. The first kappa shape index (κ1) is 18.9. The molecule has 2 aromatic rings. The van der Waals surface area contributed by atoms with Crippen LogP contribution < -0.4 is 14.2 Å². The van der Waals surface area contributed by atoms with E-state index in [4.69, 9.17) is 30.9 Å². The number of ether oxygens (including phenoxy) is 3. The number of methoxy groups -OCH3 is 1. The summed E-state index contributed by atoms with van der Waals surface area (Å²) in [5.74, 6) is -0.870. The predicted octanol–water partition coefficient (Wildman–Crippen LogP) is 4.93. The van der Waals surface area contributed by atoms with Gasteiger partial charge in [-0.3, -0.25) is 0 Å². The van der Waals surface area contributed by atoms with Crippen LogP contribution in [0.25, 0.3) is 6.08 Å². The number of benzene rings is 2. The van der Waals surface area contributed by atoms with Gasteiger partial charge in [-0.1, -0.05) is 11.6 Å². The average Bonchev–Trinajstić information content (AvgIpc) is 2.61. The van der Waals surface area contributed by atoms with Crippen molar-refractivity contribution in [2.45, 2.75) is 12.3 Å². The van der Waals surface area contributed by atoms with Gasteiger partial charge in [0.05, 0.1) is 17.7 Å². The van der Waals surface area contributed by atoms with Crippen molar-refractivity contribution in [2.24, 2.45) is 0 Å². The maximum absolute atomic E-state index is 13.1. The summed E-state index contributed by atoms with van der Waals surface area (Å²) < 4.78 is 55.0. The van der Waals surface area contributed by atoms with Gasteiger partial charge in [0.2, 0.25) is 6.10 Å². The summed E-state index contributed by atoms with van der Waals surface area (Å²) in [5.41, 5.74) is -0.810. The van der Waals surface area contributed by atoms with E-state index < -0.39 is 23.8 Å². The van der Waals surface area contributed by atoms with Gasteiger partial charge in [0.1, 0.15) is 23.0 Å². The second-order valence-corrected chi connectivity index (χ2v) is 5.95. The van der Waals surface area contributed by atoms with E-state index in [1.807, 2.05) is 0 Å². The summed E-state index contributed by atoms with van der Waals surface area (Å²) >= 11 is 6.12. The molecule has 0 aliphatic carbocycles. The van der Waals surface area contributed by atoms with Crippen LogP contribution in [-0.2, 0) is 4.79 Å². The highest BCUT2D eigenvalue weighted by molar-refractivity contribution is 6.32. The molecule has 0 radical (unpaired) electrons. The molecule has 9 heteroatoms. The zero-order chi connectivity index (χ0) is 19.8. The van der Waals surface area contributed by atoms with Crippen molar-refractivity contribution < 1.29 is 37.3 Å². The van der Waals surface area contributed by atoms with E-state index >= 15 is 0 Å². The molecule has 0 unspecified atom stereocenters. The van der Waals surface area contributed by atoms with E-state index in [0.717, 1.165) is 6.08 Å². The van der Waals surface area contributed by atoms with E-state index in [1.54, 1.807) is 24.3 Å². The quantitative estimate of drug-likeness (QED) is 0.788. The van der Waals surface area contributed by atoms with Gasteiger partial charge < -0.3 is 19.3 Å². The molecule has 142 valence electrons. The van der Waals surface area contributed by atoms with Crippen molar-refractivity contribution in [2.75, 3.05) is 7.11 Å². The van der Waals surface area contributed by atoms with E-state index in [2.05, 4.69) is 0 Å². The maximum atomic E-state index is 13.1. The molecule has 0 saturated heterocycles. The Hall–Kier alpha value is -2.87. The molecule has 0 saturated carbocycles. The molecular formula is C18H12ClF3O5. The van der Waals surface area contributed by atoms with E-state index in [0.29, 0.717) is 11.5 Å². The van der Waals surface area contributed by atoms with Crippen molar-refractivity contribution >= 4 is 23.6 Å². The van der Waals surface area contributed by atoms with Crippen LogP contribution in [0.5, 0.6) is 23.0 Å². The Balaban J connectivity index is 1.97. The molecule has 5 nitrogen and oxygen atoms in total. The fourth-order valence-electron chi connectivity index (χ4n) is 2.46. The van der Waals surface area contributed by atoms with Crippen molar-refractivity contribution in [1.29, 1.82) is 0 Å². The van der Waals surface area contributed by atoms with E-state index in [9.17, 15) is 18.0 Å². The maximum Gasteiger partial charge on any atom is 0.430 e. The lowest BCUT2D eigenvalue weighted by atomic mass is 10.0. The number of carboxylic acid groups (broad SMARTS) is 1. The second-order valence-electron chi connectivity index (χ2n) is 5.54. The lowest BCUT2D eigenvalue weighted by Gasteiger charge is -2.27. The Morgan fingerprint density at radius 3 is 2.37 bits per heavy atom. The summed E-state index contributed by atoms with van der Waals surface area (Å²) in [6.07, 6.45) is -6.58. The number of fused-ring (bicyclic) bond motifs is 1. The minimum absolute atomic E-state index is 0.0636. The van der Waals surface area contributed by atoms with Crippen LogP contribution in [0.1, 0.15) is 5.56 Å². The first-order chi connectivity index (χ1) is 12.7. The number of carbonyl (C=O) groups is 1. The molecule has 0 fully saturated rings. The molecule has 0 bridgehead atoms. The minimum atomic E-state index is -4.89. The average molecular weight is 401 g/mol. The fraction of sp³-hybridized carbons (Fsp3) is 0.167. The highest BCUT2D eigenvalue weighted by atomic mass is 35.5. The molecule has 1 heterocycles. The van der Waals surface area contributed by atoms with Gasteiger partial charge in [-0.25, -0.2) is 4.79 Å². The van der Waals surface area contributed by atoms with Gasteiger partial charge in [0, 0.05) is 11.6 Å². The van der Waals surface area contributed by atoms with E-state index in [-0.39, 0.29) is 22.1 Å². The summed E-state index contributed by atoms with van der Waals surface area (Å²) in [6.45, 7) is 0. The van der Waals surface area contributed by atoms with Crippen LogP contribution in [0.15, 0.2) is 42.0 Å². The van der Waals surface area contributed by atoms with Crippen LogP contribution in [0.4, 0.5) is 13.2 Å². The summed E-state index contributed by atoms with van der Waals surface area (Å²) in [4.78, 5) is 11.2. The molecule has 1 aliphatic heterocycles. The van der Waals surface area contributed by atoms with Gasteiger partial charge in [-0.2, -0.15) is 13.2 Å². The van der Waals surface area contributed by atoms with Gasteiger partial charge in [0.15, 0.2) is 0 Å².